The number of aromatic nitrogens is 1. The molecule has 0 aliphatic carbocycles. The van der Waals surface area contributed by atoms with Crippen LogP contribution in [0.1, 0.15) is 51.6 Å². The monoisotopic (exact) mass is 398 g/mol. The van der Waals surface area contributed by atoms with Crippen LogP contribution in [-0.4, -0.2) is 23.5 Å². The second-order valence-electron chi connectivity index (χ2n) is 7.88. The highest BCUT2D eigenvalue weighted by atomic mass is 16.2. The first-order valence-electron chi connectivity index (χ1n) is 10.1. The van der Waals surface area contributed by atoms with E-state index in [1.807, 2.05) is 49.4 Å². The maximum Gasteiger partial charge on any atom is 0.326 e. The van der Waals surface area contributed by atoms with Gasteiger partial charge in [-0.25, -0.2) is 4.79 Å². The quantitative estimate of drug-likeness (QED) is 0.673. The van der Waals surface area contributed by atoms with Crippen LogP contribution in [0.2, 0.25) is 0 Å². The van der Waals surface area contributed by atoms with Gasteiger partial charge in [0.2, 0.25) is 0 Å². The lowest BCUT2D eigenvalue weighted by molar-refractivity contribution is 0.0956. The summed E-state index contributed by atoms with van der Waals surface area (Å²) in [6.07, 6.45) is 1.56. The Morgan fingerprint density at radius 3 is 2.63 bits per heavy atom. The SMILES string of the molecule is Cc1ccccc1[C@@H]1NC(=O)c2nccc(NC(=O)N3C[C@H](C)c4ccccc43)c21. The third-order valence-electron chi connectivity index (χ3n) is 5.97. The first kappa shape index (κ1) is 18.4. The lowest BCUT2D eigenvalue weighted by Crippen LogP contribution is -2.34. The second-order valence-corrected chi connectivity index (χ2v) is 7.88. The van der Waals surface area contributed by atoms with Crippen LogP contribution in [0.15, 0.2) is 60.8 Å². The molecular weight excluding hydrogens is 376 g/mol. The van der Waals surface area contributed by atoms with E-state index in [9.17, 15) is 9.59 Å². The first-order valence-corrected chi connectivity index (χ1v) is 10.1. The molecule has 6 heteroatoms. The number of fused-ring (bicyclic) bond motifs is 2. The van der Waals surface area contributed by atoms with E-state index in [2.05, 4.69) is 28.6 Å². The van der Waals surface area contributed by atoms with E-state index < -0.39 is 0 Å². The van der Waals surface area contributed by atoms with Crippen molar-refractivity contribution >= 4 is 23.3 Å². The fourth-order valence-corrected chi connectivity index (χ4v) is 4.47. The number of hydrogen-bond acceptors (Lipinski definition) is 3. The molecule has 0 spiro atoms. The third-order valence-corrected chi connectivity index (χ3v) is 5.97. The van der Waals surface area contributed by atoms with Crippen LogP contribution in [0, 0.1) is 6.92 Å². The van der Waals surface area contributed by atoms with Crippen molar-refractivity contribution in [1.29, 1.82) is 0 Å². The number of urea groups is 1. The topological polar surface area (TPSA) is 74.3 Å². The van der Waals surface area contributed by atoms with Gasteiger partial charge in [0.1, 0.15) is 5.69 Å². The number of aryl methyl sites for hydroxylation is 1. The van der Waals surface area contributed by atoms with Crippen LogP contribution in [0.25, 0.3) is 0 Å². The largest absolute Gasteiger partial charge is 0.340 e. The van der Waals surface area contributed by atoms with Crippen LogP contribution in [0.3, 0.4) is 0 Å². The first-order chi connectivity index (χ1) is 14.5. The van der Waals surface area contributed by atoms with Gasteiger partial charge in [-0.15, -0.1) is 0 Å². The second kappa shape index (κ2) is 6.99. The van der Waals surface area contributed by atoms with Gasteiger partial charge in [0.25, 0.3) is 5.91 Å². The number of hydrogen-bond donors (Lipinski definition) is 2. The van der Waals surface area contributed by atoms with E-state index in [1.54, 1.807) is 17.2 Å². The molecule has 1 aromatic heterocycles. The molecule has 2 N–H and O–H groups in total. The standard InChI is InChI=1S/C24H22N4O2/c1-14-7-3-4-9-17(14)21-20-18(11-12-25-22(20)23(29)27-21)26-24(30)28-13-15(2)16-8-5-6-10-19(16)28/h3-12,15,21H,13H2,1-2H3,(H,27,29)(H,25,26,30)/t15-,21-/m0/s1. The summed E-state index contributed by atoms with van der Waals surface area (Å²) >= 11 is 0. The van der Waals surface area contributed by atoms with Crippen LogP contribution in [0.4, 0.5) is 16.2 Å². The molecule has 2 atom stereocenters. The van der Waals surface area contributed by atoms with Gasteiger partial charge in [-0.2, -0.15) is 0 Å². The summed E-state index contributed by atoms with van der Waals surface area (Å²) in [5.41, 5.74) is 5.84. The maximum atomic E-state index is 13.2. The van der Waals surface area contributed by atoms with Crippen LogP contribution in [-0.2, 0) is 0 Å². The third kappa shape index (κ3) is 2.84. The molecule has 0 saturated carbocycles. The molecule has 3 aromatic rings. The normalized spacial score (nSPS) is 19.3. The summed E-state index contributed by atoms with van der Waals surface area (Å²) in [5.74, 6) is 0.0487. The zero-order chi connectivity index (χ0) is 20.8. The Hall–Kier alpha value is -3.67. The molecule has 0 unspecified atom stereocenters. The van der Waals surface area contributed by atoms with Crippen molar-refractivity contribution in [3.05, 3.63) is 88.7 Å². The van der Waals surface area contributed by atoms with Crippen LogP contribution >= 0.6 is 0 Å². The van der Waals surface area contributed by atoms with Crippen molar-refractivity contribution in [3.63, 3.8) is 0 Å². The highest BCUT2D eigenvalue weighted by Crippen LogP contribution is 2.38. The van der Waals surface area contributed by atoms with E-state index in [1.165, 1.54) is 5.56 Å². The van der Waals surface area contributed by atoms with E-state index in [0.717, 1.165) is 16.8 Å². The Morgan fingerprint density at radius 1 is 1.10 bits per heavy atom. The number of nitrogens with one attached hydrogen (secondary N) is 2. The smallest absolute Gasteiger partial charge is 0.326 e. The Kier molecular flexibility index (Phi) is 4.28. The zero-order valence-corrected chi connectivity index (χ0v) is 16.8. The molecule has 2 aromatic carbocycles. The van der Waals surface area contributed by atoms with E-state index in [-0.39, 0.29) is 23.9 Å². The lowest BCUT2D eigenvalue weighted by atomic mass is 9.95. The molecule has 3 heterocycles. The minimum atomic E-state index is -0.345. The number of para-hydroxylation sites is 1. The number of amides is 3. The average Bonchev–Trinajstić information content (AvgIpc) is 3.27. The molecule has 6 nitrogen and oxygen atoms in total. The van der Waals surface area contributed by atoms with Gasteiger partial charge < -0.3 is 10.6 Å². The average molecular weight is 398 g/mol. The summed E-state index contributed by atoms with van der Waals surface area (Å²) in [5, 5.41) is 6.06. The van der Waals surface area contributed by atoms with Gasteiger partial charge in [0.05, 0.1) is 11.7 Å². The number of pyridine rings is 1. The fourth-order valence-electron chi connectivity index (χ4n) is 4.47. The summed E-state index contributed by atoms with van der Waals surface area (Å²) in [6, 6.07) is 17.1. The Bertz CT molecular complexity index is 1170. The van der Waals surface area contributed by atoms with Crippen molar-refractivity contribution in [2.75, 3.05) is 16.8 Å². The van der Waals surface area contributed by atoms with Gasteiger partial charge in [0, 0.05) is 29.9 Å². The Labute approximate surface area is 174 Å². The lowest BCUT2D eigenvalue weighted by Gasteiger charge is -2.21. The van der Waals surface area contributed by atoms with E-state index in [0.29, 0.717) is 23.5 Å². The van der Waals surface area contributed by atoms with Crippen molar-refractivity contribution in [1.82, 2.24) is 10.3 Å². The van der Waals surface area contributed by atoms with Gasteiger partial charge in [-0.05, 0) is 35.7 Å². The molecular formula is C24H22N4O2. The van der Waals surface area contributed by atoms with Gasteiger partial charge in [0.15, 0.2) is 0 Å². The van der Waals surface area contributed by atoms with Gasteiger partial charge in [-0.3, -0.25) is 14.7 Å². The molecule has 0 bridgehead atoms. The molecule has 2 aliphatic heterocycles. The van der Waals surface area contributed by atoms with Crippen LogP contribution in [0.5, 0.6) is 0 Å². The Morgan fingerprint density at radius 2 is 1.83 bits per heavy atom. The number of carbonyl (C=O) groups is 2. The molecule has 150 valence electrons. The summed E-state index contributed by atoms with van der Waals surface area (Å²) < 4.78 is 0. The van der Waals surface area contributed by atoms with Gasteiger partial charge >= 0.3 is 6.03 Å². The van der Waals surface area contributed by atoms with E-state index in [4.69, 9.17) is 0 Å². The van der Waals surface area contributed by atoms with Gasteiger partial charge in [-0.1, -0.05) is 49.4 Å². The minimum absolute atomic E-state index is 0.205. The van der Waals surface area contributed by atoms with E-state index >= 15 is 0 Å². The number of anilines is 2. The molecule has 0 saturated heterocycles. The fraction of sp³-hybridized carbons (Fsp3) is 0.208. The highest BCUT2D eigenvalue weighted by Gasteiger charge is 2.36. The summed E-state index contributed by atoms with van der Waals surface area (Å²) in [6.45, 7) is 4.75. The predicted octanol–water partition coefficient (Wildman–Crippen LogP) is 4.38. The zero-order valence-electron chi connectivity index (χ0n) is 16.8. The van der Waals surface area contributed by atoms with Crippen molar-refractivity contribution in [2.45, 2.75) is 25.8 Å². The number of benzene rings is 2. The molecule has 5 rings (SSSR count). The molecule has 2 aliphatic rings. The van der Waals surface area contributed by atoms with Crippen molar-refractivity contribution in [3.8, 4) is 0 Å². The number of nitrogens with zero attached hydrogens (tertiary/aromatic N) is 2. The van der Waals surface area contributed by atoms with Crippen molar-refractivity contribution < 1.29 is 9.59 Å². The Balaban J connectivity index is 1.51. The summed E-state index contributed by atoms with van der Waals surface area (Å²) in [7, 11) is 0. The number of rotatable bonds is 2. The maximum absolute atomic E-state index is 13.2. The highest BCUT2D eigenvalue weighted by molar-refractivity contribution is 6.06. The molecule has 3 amide bonds. The van der Waals surface area contributed by atoms with Crippen molar-refractivity contribution in [2.24, 2.45) is 0 Å². The minimum Gasteiger partial charge on any atom is -0.340 e. The summed E-state index contributed by atoms with van der Waals surface area (Å²) in [4.78, 5) is 31.8. The number of carbonyl (C=O) groups excluding carboxylic acids is 2. The van der Waals surface area contributed by atoms with Crippen LogP contribution < -0.4 is 15.5 Å². The molecule has 0 radical (unpaired) electrons. The molecule has 0 fully saturated rings. The molecule has 30 heavy (non-hydrogen) atoms. The predicted molar refractivity (Wildman–Crippen MR) is 116 cm³/mol.